The molecular formula is C28H21F2N5O4. The molecule has 2 N–H and O–H groups in total. The highest BCUT2D eigenvalue weighted by molar-refractivity contribution is 6.08. The van der Waals surface area contributed by atoms with Gasteiger partial charge in [-0.15, -0.1) is 5.73 Å². The normalized spacial score (nSPS) is 19.5. The molecule has 0 saturated carbocycles. The number of fused-ring (bicyclic) bond motifs is 2. The number of allylic oxidation sites excluding steroid dienone is 2. The molecule has 39 heavy (non-hydrogen) atoms. The number of alkyl halides is 2. The molecule has 0 bridgehead atoms. The molecule has 9 nitrogen and oxygen atoms in total. The van der Waals surface area contributed by atoms with Gasteiger partial charge in [-0.1, -0.05) is 30.3 Å². The number of carbonyl (C=O) groups is 3. The number of aromatic nitrogens is 2. The van der Waals surface area contributed by atoms with Gasteiger partial charge in [0.25, 0.3) is 11.8 Å². The summed E-state index contributed by atoms with van der Waals surface area (Å²) in [5.74, 6) is -1.19. The van der Waals surface area contributed by atoms with Crippen molar-refractivity contribution in [2.45, 2.75) is 18.7 Å². The van der Waals surface area contributed by atoms with Gasteiger partial charge in [0.2, 0.25) is 0 Å². The Morgan fingerprint density at radius 3 is 2.64 bits per heavy atom. The van der Waals surface area contributed by atoms with Crippen LogP contribution in [0.3, 0.4) is 0 Å². The molecule has 1 aliphatic carbocycles. The fraction of sp³-hybridized carbons (Fsp3) is 0.179. The summed E-state index contributed by atoms with van der Waals surface area (Å²) < 4.78 is 31.4. The molecule has 3 heterocycles. The number of benzene rings is 2. The molecule has 2 aliphatic heterocycles. The van der Waals surface area contributed by atoms with Crippen molar-refractivity contribution in [2.24, 2.45) is 7.05 Å². The Labute approximate surface area is 221 Å². The largest absolute Gasteiger partial charge is 0.435 e. The molecule has 196 valence electrons. The van der Waals surface area contributed by atoms with Gasteiger partial charge in [-0.05, 0) is 47.1 Å². The summed E-state index contributed by atoms with van der Waals surface area (Å²) >= 11 is 0. The maximum absolute atomic E-state index is 13.2. The summed E-state index contributed by atoms with van der Waals surface area (Å²) in [4.78, 5) is 40.0. The van der Waals surface area contributed by atoms with Crippen LogP contribution >= 0.6 is 0 Å². The second kappa shape index (κ2) is 9.07. The van der Waals surface area contributed by atoms with Gasteiger partial charge in [-0.3, -0.25) is 19.6 Å². The van der Waals surface area contributed by atoms with E-state index in [9.17, 15) is 23.2 Å². The summed E-state index contributed by atoms with van der Waals surface area (Å²) in [6.07, 6.45) is 7.55. The van der Waals surface area contributed by atoms with E-state index in [4.69, 9.17) is 0 Å². The number of nitrogens with one attached hydrogen (secondary N) is 2. The standard InChI is InChI=1S/C28H21F2N5O4/c1-34-13-19-3-2-16(7-11-23(19)33-34)17-4-8-20(9-5-17)28(25(37)31-27(38)32-28)15-35-14-18-6-10-21(39-26(29)30)12-22(18)24(35)36/h3-13,26H,14-15H2,1H3,(H2,31,32,37,38)/t28-/m0/s1. The zero-order valence-electron chi connectivity index (χ0n) is 20.6. The molecule has 1 atom stereocenters. The molecule has 0 spiro atoms. The van der Waals surface area contributed by atoms with Crippen LogP contribution in [0.15, 0.2) is 60.5 Å². The summed E-state index contributed by atoms with van der Waals surface area (Å²) in [6.45, 7) is -3.04. The number of urea groups is 1. The third-order valence-corrected chi connectivity index (χ3v) is 6.92. The minimum absolute atomic E-state index is 0.133. The summed E-state index contributed by atoms with van der Waals surface area (Å²) in [7, 11) is 1.85. The van der Waals surface area contributed by atoms with Crippen LogP contribution in [0.1, 0.15) is 38.3 Å². The van der Waals surface area contributed by atoms with Crippen LogP contribution in [0.5, 0.6) is 5.75 Å². The predicted octanol–water partition coefficient (Wildman–Crippen LogP) is 3.43. The van der Waals surface area contributed by atoms with Crippen molar-refractivity contribution in [1.82, 2.24) is 25.3 Å². The number of hydrogen-bond acceptors (Lipinski definition) is 5. The highest BCUT2D eigenvalue weighted by atomic mass is 19.3. The molecule has 3 aliphatic rings. The van der Waals surface area contributed by atoms with Gasteiger partial charge >= 0.3 is 12.6 Å². The molecule has 1 aromatic heterocycles. The van der Waals surface area contributed by atoms with Crippen molar-refractivity contribution < 1.29 is 27.9 Å². The number of halogens is 2. The van der Waals surface area contributed by atoms with Gasteiger partial charge in [0.15, 0.2) is 5.54 Å². The molecule has 6 rings (SSSR count). The number of hydrogen-bond donors (Lipinski definition) is 2. The van der Waals surface area contributed by atoms with Crippen molar-refractivity contribution >= 4 is 35.6 Å². The zero-order valence-corrected chi connectivity index (χ0v) is 20.6. The number of carbonyl (C=O) groups excluding carboxylic acids is 3. The predicted molar refractivity (Wildman–Crippen MR) is 136 cm³/mol. The molecule has 0 unspecified atom stereocenters. The van der Waals surface area contributed by atoms with Crippen LogP contribution in [0.25, 0.3) is 17.7 Å². The lowest BCUT2D eigenvalue weighted by Gasteiger charge is -2.31. The van der Waals surface area contributed by atoms with Crippen LogP contribution in [0.4, 0.5) is 13.6 Å². The topological polar surface area (TPSA) is 106 Å². The number of imide groups is 1. The quantitative estimate of drug-likeness (QED) is 0.376. The van der Waals surface area contributed by atoms with E-state index in [2.05, 4.69) is 26.2 Å². The summed E-state index contributed by atoms with van der Waals surface area (Å²) in [5.41, 5.74) is 6.41. The third kappa shape index (κ3) is 4.28. The number of amides is 4. The molecule has 11 heteroatoms. The van der Waals surface area contributed by atoms with Gasteiger partial charge in [0, 0.05) is 36.5 Å². The van der Waals surface area contributed by atoms with E-state index < -0.39 is 30.0 Å². The van der Waals surface area contributed by atoms with Crippen LogP contribution in [-0.4, -0.2) is 45.7 Å². The van der Waals surface area contributed by atoms with Gasteiger partial charge in [-0.25, -0.2) is 4.79 Å². The van der Waals surface area contributed by atoms with Gasteiger partial charge in [-0.2, -0.15) is 13.9 Å². The Morgan fingerprint density at radius 1 is 1.13 bits per heavy atom. The number of nitrogens with zero attached hydrogens (tertiary/aromatic N) is 3. The number of aryl methyl sites for hydroxylation is 1. The summed E-state index contributed by atoms with van der Waals surface area (Å²) in [5, 5.41) is 9.37. The maximum Gasteiger partial charge on any atom is 0.387 e. The Bertz CT molecular complexity index is 1640. The van der Waals surface area contributed by atoms with E-state index in [1.54, 1.807) is 16.8 Å². The molecule has 0 radical (unpaired) electrons. The van der Waals surface area contributed by atoms with Crippen molar-refractivity contribution in [3.05, 3.63) is 94.0 Å². The Kier molecular flexibility index (Phi) is 5.66. The molecule has 4 amide bonds. The second-order valence-corrected chi connectivity index (χ2v) is 9.43. The monoisotopic (exact) mass is 529 g/mol. The average molecular weight is 530 g/mol. The van der Waals surface area contributed by atoms with Crippen LogP contribution in [0, 0.1) is 0 Å². The van der Waals surface area contributed by atoms with Crippen molar-refractivity contribution in [1.29, 1.82) is 0 Å². The second-order valence-electron chi connectivity index (χ2n) is 9.43. The van der Waals surface area contributed by atoms with Crippen LogP contribution in [0.2, 0.25) is 0 Å². The Balaban J connectivity index is 1.29. The maximum atomic E-state index is 13.2. The fourth-order valence-corrected chi connectivity index (χ4v) is 5.07. The molecular weight excluding hydrogens is 508 g/mol. The number of rotatable bonds is 6. The summed E-state index contributed by atoms with van der Waals surface area (Å²) in [6, 6.07) is 10.6. The lowest BCUT2D eigenvalue weighted by atomic mass is 9.88. The number of ether oxygens (including phenoxy) is 1. The average Bonchev–Trinajstić information content (AvgIpc) is 3.46. The van der Waals surface area contributed by atoms with Crippen molar-refractivity contribution in [3.8, 4) is 5.75 Å². The lowest BCUT2D eigenvalue weighted by Crippen LogP contribution is -2.52. The van der Waals surface area contributed by atoms with E-state index in [1.165, 1.54) is 23.1 Å². The Morgan fingerprint density at radius 2 is 1.92 bits per heavy atom. The van der Waals surface area contributed by atoms with Gasteiger partial charge in [0.05, 0.1) is 12.2 Å². The first-order valence-electron chi connectivity index (χ1n) is 12.0. The molecule has 1 fully saturated rings. The SMILES string of the molecule is Cn1cc2c(n1)C=CC(c1ccc([C@]3(CN4Cc5ccc(OC(F)F)cc5C4=O)NC(=O)NC3=O)cc1)=C=C2. The van der Waals surface area contributed by atoms with Crippen LogP contribution in [-0.2, 0) is 23.9 Å². The molecule has 2 aromatic carbocycles. The van der Waals surface area contributed by atoms with Crippen molar-refractivity contribution in [3.63, 3.8) is 0 Å². The minimum atomic E-state index is -3.02. The van der Waals surface area contributed by atoms with E-state index in [0.29, 0.717) is 11.1 Å². The fourth-order valence-electron chi connectivity index (χ4n) is 5.07. The Hall–Kier alpha value is -5.02. The first kappa shape index (κ1) is 24.3. The van der Waals surface area contributed by atoms with Crippen LogP contribution < -0.4 is 15.4 Å². The highest BCUT2D eigenvalue weighted by Crippen LogP contribution is 2.33. The van der Waals surface area contributed by atoms with Crippen molar-refractivity contribution in [2.75, 3.05) is 6.54 Å². The smallest absolute Gasteiger partial charge is 0.387 e. The van der Waals surface area contributed by atoms with E-state index >= 15 is 0 Å². The molecule has 1 saturated heterocycles. The van der Waals surface area contributed by atoms with E-state index in [1.807, 2.05) is 43.6 Å². The van der Waals surface area contributed by atoms with Gasteiger partial charge in [0.1, 0.15) is 5.75 Å². The first-order chi connectivity index (χ1) is 18.7. The third-order valence-electron chi connectivity index (χ3n) is 6.92. The van der Waals surface area contributed by atoms with E-state index in [-0.39, 0.29) is 24.4 Å². The minimum Gasteiger partial charge on any atom is -0.435 e. The van der Waals surface area contributed by atoms with Gasteiger partial charge < -0.3 is 15.0 Å². The zero-order chi connectivity index (χ0) is 27.3. The molecule has 3 aromatic rings. The highest BCUT2D eigenvalue weighted by Gasteiger charge is 2.50. The van der Waals surface area contributed by atoms with E-state index in [0.717, 1.165) is 22.4 Å². The first-order valence-corrected chi connectivity index (χ1v) is 12.0. The lowest BCUT2D eigenvalue weighted by molar-refractivity contribution is -0.124.